The van der Waals surface area contributed by atoms with E-state index in [4.69, 9.17) is 4.74 Å². The molecule has 0 heterocycles. The van der Waals surface area contributed by atoms with E-state index in [1.807, 2.05) is 0 Å². The maximum atomic E-state index is 10.7. The van der Waals surface area contributed by atoms with Crippen molar-refractivity contribution < 1.29 is 9.53 Å². The van der Waals surface area contributed by atoms with Crippen LogP contribution in [-0.2, 0) is 9.53 Å². The van der Waals surface area contributed by atoms with Crippen LogP contribution in [0.25, 0.3) is 0 Å². The molecular weight excluding hydrogens is 176 g/mol. The van der Waals surface area contributed by atoms with E-state index in [0.29, 0.717) is 18.4 Å². The standard InChI is InChI=1S/C12H20O2/c1-8-6-11(7-14-10(3)13)12(4,5)9(8)2/h6,9,11H,7H2,1-5H3/t9-,11-/m0/s1. The Kier molecular flexibility index (Phi) is 3.03. The highest BCUT2D eigenvalue weighted by molar-refractivity contribution is 5.65. The highest BCUT2D eigenvalue weighted by Crippen LogP contribution is 2.46. The first-order chi connectivity index (χ1) is 6.35. The van der Waals surface area contributed by atoms with Gasteiger partial charge in [0.25, 0.3) is 0 Å². The zero-order chi connectivity index (χ0) is 10.9. The molecule has 0 aromatic carbocycles. The molecule has 0 fully saturated rings. The van der Waals surface area contributed by atoms with Crippen LogP contribution < -0.4 is 0 Å². The number of rotatable bonds is 2. The van der Waals surface area contributed by atoms with Crippen LogP contribution in [0.4, 0.5) is 0 Å². The van der Waals surface area contributed by atoms with Crippen molar-refractivity contribution in [1.82, 2.24) is 0 Å². The van der Waals surface area contributed by atoms with E-state index < -0.39 is 0 Å². The Bertz CT molecular complexity index is 263. The van der Waals surface area contributed by atoms with Crippen molar-refractivity contribution in [2.45, 2.75) is 34.6 Å². The Hall–Kier alpha value is -0.790. The molecule has 80 valence electrons. The zero-order valence-corrected chi connectivity index (χ0v) is 9.76. The van der Waals surface area contributed by atoms with E-state index in [0.717, 1.165) is 0 Å². The van der Waals surface area contributed by atoms with Gasteiger partial charge in [-0.2, -0.15) is 0 Å². The number of hydrogen-bond donors (Lipinski definition) is 0. The van der Waals surface area contributed by atoms with E-state index >= 15 is 0 Å². The summed E-state index contributed by atoms with van der Waals surface area (Å²) in [6, 6.07) is 0. The van der Waals surface area contributed by atoms with E-state index in [1.54, 1.807) is 0 Å². The normalized spacial score (nSPS) is 29.9. The molecule has 0 unspecified atom stereocenters. The Balaban J connectivity index is 2.66. The summed E-state index contributed by atoms with van der Waals surface area (Å²) in [4.78, 5) is 10.7. The van der Waals surface area contributed by atoms with E-state index in [1.165, 1.54) is 12.5 Å². The number of allylic oxidation sites excluding steroid dienone is 1. The first-order valence-electron chi connectivity index (χ1n) is 5.17. The summed E-state index contributed by atoms with van der Waals surface area (Å²) < 4.78 is 5.07. The molecule has 0 saturated heterocycles. The molecule has 0 aromatic heterocycles. The average Bonchev–Trinajstić information content (AvgIpc) is 2.26. The summed E-state index contributed by atoms with van der Waals surface area (Å²) in [7, 11) is 0. The lowest BCUT2D eigenvalue weighted by Gasteiger charge is -2.31. The van der Waals surface area contributed by atoms with Crippen molar-refractivity contribution in [3.05, 3.63) is 11.6 Å². The van der Waals surface area contributed by atoms with Crippen LogP contribution in [0.15, 0.2) is 11.6 Å². The van der Waals surface area contributed by atoms with Crippen molar-refractivity contribution in [3.63, 3.8) is 0 Å². The highest BCUT2D eigenvalue weighted by Gasteiger charge is 2.39. The SMILES string of the molecule is CC(=O)OC[C@@H]1C=C(C)[C@H](C)C1(C)C. The third kappa shape index (κ3) is 1.99. The molecule has 1 aliphatic carbocycles. The topological polar surface area (TPSA) is 26.3 Å². The molecule has 0 N–H and O–H groups in total. The molecule has 2 heteroatoms. The van der Waals surface area contributed by atoms with Crippen LogP contribution in [0.2, 0.25) is 0 Å². The summed E-state index contributed by atoms with van der Waals surface area (Å²) in [5.74, 6) is 0.746. The summed E-state index contributed by atoms with van der Waals surface area (Å²) in [5, 5.41) is 0. The largest absolute Gasteiger partial charge is 0.465 e. The van der Waals surface area contributed by atoms with Crippen LogP contribution >= 0.6 is 0 Å². The first kappa shape index (κ1) is 11.3. The predicted molar refractivity (Wildman–Crippen MR) is 56.8 cm³/mol. The highest BCUT2D eigenvalue weighted by atomic mass is 16.5. The van der Waals surface area contributed by atoms with Gasteiger partial charge in [-0.3, -0.25) is 4.79 Å². The fourth-order valence-electron chi connectivity index (χ4n) is 2.05. The van der Waals surface area contributed by atoms with Gasteiger partial charge in [0.2, 0.25) is 0 Å². The Morgan fingerprint density at radius 3 is 2.50 bits per heavy atom. The van der Waals surface area contributed by atoms with Gasteiger partial charge in [-0.1, -0.05) is 32.4 Å². The summed E-state index contributed by atoms with van der Waals surface area (Å²) in [5.41, 5.74) is 1.62. The van der Waals surface area contributed by atoms with Gasteiger partial charge in [0.1, 0.15) is 0 Å². The molecule has 0 aliphatic heterocycles. The number of carbonyl (C=O) groups is 1. The molecule has 0 bridgehead atoms. The number of esters is 1. The van der Waals surface area contributed by atoms with Gasteiger partial charge >= 0.3 is 5.97 Å². The molecule has 0 saturated carbocycles. The minimum Gasteiger partial charge on any atom is -0.465 e. The van der Waals surface area contributed by atoms with Crippen LogP contribution in [-0.4, -0.2) is 12.6 Å². The van der Waals surface area contributed by atoms with E-state index in [2.05, 4.69) is 33.8 Å². The smallest absolute Gasteiger partial charge is 0.302 e. The van der Waals surface area contributed by atoms with Crippen molar-refractivity contribution in [1.29, 1.82) is 0 Å². The third-order valence-corrected chi connectivity index (χ3v) is 3.68. The van der Waals surface area contributed by atoms with Crippen molar-refractivity contribution in [2.24, 2.45) is 17.3 Å². The molecular formula is C12H20O2. The lowest BCUT2D eigenvalue weighted by molar-refractivity contribution is -0.142. The van der Waals surface area contributed by atoms with Gasteiger partial charge in [0, 0.05) is 12.8 Å². The van der Waals surface area contributed by atoms with Gasteiger partial charge in [-0.05, 0) is 18.3 Å². The molecule has 0 amide bonds. The Morgan fingerprint density at radius 1 is 1.57 bits per heavy atom. The molecule has 0 spiro atoms. The second-order valence-corrected chi connectivity index (χ2v) is 4.86. The van der Waals surface area contributed by atoms with Gasteiger partial charge in [-0.25, -0.2) is 0 Å². The predicted octanol–water partition coefficient (Wildman–Crippen LogP) is 2.79. The summed E-state index contributed by atoms with van der Waals surface area (Å²) in [6.07, 6.45) is 2.24. The van der Waals surface area contributed by atoms with Gasteiger partial charge in [0.15, 0.2) is 0 Å². The van der Waals surface area contributed by atoms with Crippen molar-refractivity contribution in [2.75, 3.05) is 6.61 Å². The second-order valence-electron chi connectivity index (χ2n) is 4.86. The van der Waals surface area contributed by atoms with Gasteiger partial charge < -0.3 is 4.74 Å². The summed E-state index contributed by atoms with van der Waals surface area (Å²) >= 11 is 0. The van der Waals surface area contributed by atoms with E-state index in [9.17, 15) is 4.79 Å². The van der Waals surface area contributed by atoms with Crippen LogP contribution in [0.3, 0.4) is 0 Å². The summed E-state index contributed by atoms with van der Waals surface area (Å²) in [6.45, 7) is 10.8. The maximum absolute atomic E-state index is 10.7. The number of hydrogen-bond acceptors (Lipinski definition) is 2. The molecule has 0 radical (unpaired) electrons. The molecule has 0 aromatic rings. The van der Waals surface area contributed by atoms with Crippen molar-refractivity contribution in [3.8, 4) is 0 Å². The van der Waals surface area contributed by atoms with Crippen LogP contribution in [0.1, 0.15) is 34.6 Å². The number of ether oxygens (including phenoxy) is 1. The molecule has 14 heavy (non-hydrogen) atoms. The molecule has 1 rings (SSSR count). The van der Waals surface area contributed by atoms with Crippen LogP contribution in [0.5, 0.6) is 0 Å². The molecule has 1 aliphatic rings. The average molecular weight is 196 g/mol. The van der Waals surface area contributed by atoms with Crippen LogP contribution in [0, 0.1) is 17.3 Å². The first-order valence-corrected chi connectivity index (χ1v) is 5.17. The Morgan fingerprint density at radius 2 is 2.14 bits per heavy atom. The lowest BCUT2D eigenvalue weighted by atomic mass is 9.74. The van der Waals surface area contributed by atoms with E-state index in [-0.39, 0.29) is 11.4 Å². The Labute approximate surface area is 86.3 Å². The zero-order valence-electron chi connectivity index (χ0n) is 9.76. The molecule has 2 nitrogen and oxygen atoms in total. The van der Waals surface area contributed by atoms with Gasteiger partial charge in [0.05, 0.1) is 6.61 Å². The lowest BCUT2D eigenvalue weighted by Crippen LogP contribution is -2.28. The maximum Gasteiger partial charge on any atom is 0.302 e. The minimum absolute atomic E-state index is 0.189. The van der Waals surface area contributed by atoms with Crippen molar-refractivity contribution >= 4 is 5.97 Å². The monoisotopic (exact) mass is 196 g/mol. The fourth-order valence-corrected chi connectivity index (χ4v) is 2.05. The third-order valence-electron chi connectivity index (χ3n) is 3.68. The quantitative estimate of drug-likeness (QED) is 0.501. The molecule has 2 atom stereocenters. The fraction of sp³-hybridized carbons (Fsp3) is 0.750. The minimum atomic E-state index is -0.189. The second kappa shape index (κ2) is 3.76. The van der Waals surface area contributed by atoms with Gasteiger partial charge in [-0.15, -0.1) is 0 Å². The number of carbonyl (C=O) groups excluding carboxylic acids is 1.